The minimum absolute atomic E-state index is 0.0871. The molecule has 0 unspecified atom stereocenters. The number of methoxy groups -OCH3 is 1. The Balaban J connectivity index is 2.35. The Labute approximate surface area is 177 Å². The van der Waals surface area contributed by atoms with Gasteiger partial charge in [-0.2, -0.15) is 4.31 Å². The lowest BCUT2D eigenvalue weighted by Crippen LogP contribution is -2.30. The van der Waals surface area contributed by atoms with Crippen LogP contribution in [-0.4, -0.2) is 38.8 Å². The van der Waals surface area contributed by atoms with E-state index in [1.807, 2.05) is 18.2 Å². The van der Waals surface area contributed by atoms with Gasteiger partial charge in [-0.05, 0) is 42.3 Å². The summed E-state index contributed by atoms with van der Waals surface area (Å²) in [4.78, 5) is 12.6. The second kappa shape index (κ2) is 9.91. The third-order valence-electron chi connectivity index (χ3n) is 4.42. The lowest BCUT2D eigenvalue weighted by atomic mass is 10.1. The van der Waals surface area contributed by atoms with E-state index in [1.165, 1.54) is 35.7 Å². The molecule has 8 heteroatoms. The van der Waals surface area contributed by atoms with E-state index in [1.54, 1.807) is 26.8 Å². The number of hydrogen-bond acceptors (Lipinski definition) is 4. The van der Waals surface area contributed by atoms with Gasteiger partial charge in [-0.25, -0.2) is 8.42 Å². The van der Waals surface area contributed by atoms with Gasteiger partial charge < -0.3 is 10.1 Å². The van der Waals surface area contributed by atoms with Crippen molar-refractivity contribution in [2.45, 2.75) is 25.7 Å². The molecule has 1 N–H and O–H groups in total. The fraction of sp³-hybridized carbons (Fsp3) is 0.286. The van der Waals surface area contributed by atoms with E-state index in [9.17, 15) is 13.2 Å². The SMILES string of the molecule is CCN(CC)S(=O)(=O)c1ccc(OC)c(NC(=O)C=C(C)c2ccccc2Cl)c1. The molecule has 0 aliphatic heterocycles. The molecule has 0 aliphatic rings. The first kappa shape index (κ1) is 22.9. The van der Waals surface area contributed by atoms with Crippen molar-refractivity contribution in [3.63, 3.8) is 0 Å². The van der Waals surface area contributed by atoms with E-state index >= 15 is 0 Å². The van der Waals surface area contributed by atoms with Gasteiger partial charge in [0.1, 0.15) is 5.75 Å². The summed E-state index contributed by atoms with van der Waals surface area (Å²) < 4.78 is 32.2. The zero-order chi connectivity index (χ0) is 21.6. The van der Waals surface area contributed by atoms with Gasteiger partial charge in [0.15, 0.2) is 0 Å². The highest BCUT2D eigenvalue weighted by Crippen LogP contribution is 2.29. The van der Waals surface area contributed by atoms with Gasteiger partial charge in [0.25, 0.3) is 0 Å². The van der Waals surface area contributed by atoms with Crippen molar-refractivity contribution in [3.05, 3.63) is 59.1 Å². The van der Waals surface area contributed by atoms with Crippen molar-refractivity contribution >= 4 is 38.8 Å². The number of benzene rings is 2. The van der Waals surface area contributed by atoms with Gasteiger partial charge in [0.2, 0.25) is 15.9 Å². The highest BCUT2D eigenvalue weighted by molar-refractivity contribution is 7.89. The highest BCUT2D eigenvalue weighted by atomic mass is 35.5. The van der Waals surface area contributed by atoms with Crippen molar-refractivity contribution in [2.75, 3.05) is 25.5 Å². The van der Waals surface area contributed by atoms with Crippen LogP contribution in [0.4, 0.5) is 5.69 Å². The largest absolute Gasteiger partial charge is 0.495 e. The van der Waals surface area contributed by atoms with Crippen LogP contribution in [0, 0.1) is 0 Å². The molecule has 2 rings (SSSR count). The number of nitrogens with one attached hydrogen (secondary N) is 1. The number of carbonyl (C=O) groups is 1. The fourth-order valence-electron chi connectivity index (χ4n) is 2.88. The lowest BCUT2D eigenvalue weighted by molar-refractivity contribution is -0.111. The van der Waals surface area contributed by atoms with Crippen molar-refractivity contribution < 1.29 is 17.9 Å². The van der Waals surface area contributed by atoms with Crippen LogP contribution in [0.25, 0.3) is 5.57 Å². The van der Waals surface area contributed by atoms with Gasteiger partial charge in [0.05, 0.1) is 17.7 Å². The Morgan fingerprint density at radius 3 is 2.41 bits per heavy atom. The summed E-state index contributed by atoms with van der Waals surface area (Å²) in [5.41, 5.74) is 1.70. The zero-order valence-corrected chi connectivity index (χ0v) is 18.5. The Bertz CT molecular complexity index is 1020. The molecule has 0 fully saturated rings. The van der Waals surface area contributed by atoms with Crippen LogP contribution in [0.5, 0.6) is 5.75 Å². The number of halogens is 1. The molecule has 0 atom stereocenters. The molecule has 156 valence electrons. The van der Waals surface area contributed by atoms with Gasteiger partial charge >= 0.3 is 0 Å². The molecule has 0 bridgehead atoms. The zero-order valence-electron chi connectivity index (χ0n) is 16.9. The number of sulfonamides is 1. The molecule has 0 saturated carbocycles. The molecular weight excluding hydrogens is 412 g/mol. The van der Waals surface area contributed by atoms with Crippen molar-refractivity contribution in [3.8, 4) is 5.75 Å². The van der Waals surface area contributed by atoms with E-state index in [4.69, 9.17) is 16.3 Å². The van der Waals surface area contributed by atoms with Crippen molar-refractivity contribution in [2.24, 2.45) is 0 Å². The summed E-state index contributed by atoms with van der Waals surface area (Å²) in [5.74, 6) is -0.0567. The smallest absolute Gasteiger partial charge is 0.248 e. The molecule has 6 nitrogen and oxygen atoms in total. The predicted octanol–water partition coefficient (Wildman–Crippen LogP) is 4.42. The van der Waals surface area contributed by atoms with Crippen molar-refractivity contribution in [1.29, 1.82) is 0 Å². The third kappa shape index (κ3) is 5.38. The summed E-state index contributed by atoms with van der Waals surface area (Å²) in [5, 5.41) is 3.24. The van der Waals surface area contributed by atoms with Crippen LogP contribution < -0.4 is 10.1 Å². The molecule has 0 heterocycles. The molecule has 1 amide bonds. The predicted molar refractivity (Wildman–Crippen MR) is 117 cm³/mol. The number of anilines is 1. The molecule has 2 aromatic carbocycles. The monoisotopic (exact) mass is 436 g/mol. The molecule has 0 aromatic heterocycles. The minimum Gasteiger partial charge on any atom is -0.495 e. The summed E-state index contributed by atoms with van der Waals surface area (Å²) >= 11 is 6.17. The minimum atomic E-state index is -3.66. The Hall–Kier alpha value is -2.35. The number of hydrogen-bond donors (Lipinski definition) is 1. The number of allylic oxidation sites excluding steroid dienone is 1. The Morgan fingerprint density at radius 1 is 1.17 bits per heavy atom. The van der Waals surface area contributed by atoms with Gasteiger partial charge in [-0.3, -0.25) is 4.79 Å². The number of ether oxygens (including phenoxy) is 1. The number of rotatable bonds is 8. The van der Waals surface area contributed by atoms with E-state index in [2.05, 4.69) is 5.32 Å². The number of carbonyl (C=O) groups excluding carboxylic acids is 1. The van der Waals surface area contributed by atoms with Gasteiger partial charge in [-0.1, -0.05) is 43.6 Å². The first-order chi connectivity index (χ1) is 13.7. The van der Waals surface area contributed by atoms with E-state index in [0.717, 1.165) is 5.56 Å². The normalized spacial score (nSPS) is 12.1. The Morgan fingerprint density at radius 2 is 1.83 bits per heavy atom. The van der Waals surface area contributed by atoms with Crippen LogP contribution in [-0.2, 0) is 14.8 Å². The number of nitrogens with zero attached hydrogens (tertiary/aromatic N) is 1. The van der Waals surface area contributed by atoms with Gasteiger partial charge in [-0.15, -0.1) is 0 Å². The summed E-state index contributed by atoms with van der Waals surface area (Å²) in [6, 6.07) is 11.6. The van der Waals surface area contributed by atoms with E-state index in [-0.39, 0.29) is 10.6 Å². The molecule has 0 aliphatic carbocycles. The maximum absolute atomic E-state index is 12.8. The molecule has 0 spiro atoms. The fourth-order valence-corrected chi connectivity index (χ4v) is 4.65. The van der Waals surface area contributed by atoms with Crippen LogP contribution in [0.1, 0.15) is 26.3 Å². The quantitative estimate of drug-likeness (QED) is 0.621. The first-order valence-electron chi connectivity index (χ1n) is 9.16. The van der Waals surface area contributed by atoms with E-state index in [0.29, 0.717) is 29.4 Å². The summed E-state index contributed by atoms with van der Waals surface area (Å²) in [6.45, 7) is 6.03. The van der Waals surface area contributed by atoms with Crippen LogP contribution in [0.3, 0.4) is 0 Å². The molecular formula is C21H25ClN2O4S. The topological polar surface area (TPSA) is 75.7 Å². The van der Waals surface area contributed by atoms with Crippen LogP contribution in [0.15, 0.2) is 53.4 Å². The third-order valence-corrected chi connectivity index (χ3v) is 6.79. The molecule has 2 aromatic rings. The van der Waals surface area contributed by atoms with E-state index < -0.39 is 15.9 Å². The second-order valence-electron chi connectivity index (χ2n) is 6.25. The standard InChI is InChI=1S/C21H25ClN2O4S/c1-5-24(6-2)29(26,27)16-11-12-20(28-4)19(14-16)23-21(25)13-15(3)17-9-7-8-10-18(17)22/h7-14H,5-6H2,1-4H3,(H,23,25). The molecule has 29 heavy (non-hydrogen) atoms. The Kier molecular flexibility index (Phi) is 7.84. The molecule has 0 saturated heterocycles. The maximum atomic E-state index is 12.8. The second-order valence-corrected chi connectivity index (χ2v) is 8.59. The first-order valence-corrected chi connectivity index (χ1v) is 11.0. The highest BCUT2D eigenvalue weighted by Gasteiger charge is 2.23. The number of amides is 1. The average Bonchev–Trinajstić information content (AvgIpc) is 2.68. The van der Waals surface area contributed by atoms with Crippen LogP contribution >= 0.6 is 11.6 Å². The summed E-state index contributed by atoms with van der Waals surface area (Å²) in [7, 11) is -2.21. The van der Waals surface area contributed by atoms with Gasteiger partial charge in [0, 0.05) is 24.2 Å². The lowest BCUT2D eigenvalue weighted by Gasteiger charge is -2.19. The summed E-state index contributed by atoms with van der Waals surface area (Å²) in [6.07, 6.45) is 1.41. The van der Waals surface area contributed by atoms with Crippen LogP contribution in [0.2, 0.25) is 5.02 Å². The average molecular weight is 437 g/mol. The molecule has 0 radical (unpaired) electrons. The maximum Gasteiger partial charge on any atom is 0.248 e. The van der Waals surface area contributed by atoms with Crippen molar-refractivity contribution in [1.82, 2.24) is 4.31 Å².